The second kappa shape index (κ2) is 5.97. The number of hydrogen-bond donors (Lipinski definition) is 2. The normalized spacial score (nSPS) is 9.90. The molecule has 0 heterocycles. The van der Waals surface area contributed by atoms with E-state index in [2.05, 4.69) is 0 Å². The zero-order chi connectivity index (χ0) is 14.5. The maximum Gasteiger partial charge on any atom is 0.169 e. The number of methoxy groups -OCH3 is 2. The second-order valence-electron chi connectivity index (χ2n) is 4.03. The van der Waals surface area contributed by atoms with Gasteiger partial charge in [-0.05, 0) is 24.3 Å². The van der Waals surface area contributed by atoms with Crippen LogP contribution in [0.4, 0.5) is 0 Å². The van der Waals surface area contributed by atoms with Gasteiger partial charge in [0.25, 0.3) is 0 Å². The number of nitrogen functional groups attached to an aromatic ring is 1. The molecular weight excluding hydrogens is 256 g/mol. The summed E-state index contributed by atoms with van der Waals surface area (Å²) in [7, 11) is 3.13. The zero-order valence-electron chi connectivity index (χ0n) is 11.3. The molecule has 0 aromatic heterocycles. The van der Waals surface area contributed by atoms with Crippen molar-refractivity contribution in [3.63, 3.8) is 0 Å². The van der Waals surface area contributed by atoms with Gasteiger partial charge < -0.3 is 19.9 Å². The van der Waals surface area contributed by atoms with Crippen LogP contribution in [-0.2, 0) is 0 Å². The van der Waals surface area contributed by atoms with Gasteiger partial charge >= 0.3 is 0 Å². The minimum absolute atomic E-state index is 0.0717. The van der Waals surface area contributed by atoms with Crippen molar-refractivity contribution in [3.8, 4) is 23.0 Å². The maximum atomic E-state index is 7.59. The molecule has 5 nitrogen and oxygen atoms in total. The van der Waals surface area contributed by atoms with Crippen molar-refractivity contribution in [3.05, 3.63) is 48.0 Å². The summed E-state index contributed by atoms with van der Waals surface area (Å²) in [5.74, 6) is 2.15. The van der Waals surface area contributed by atoms with Crippen LogP contribution >= 0.6 is 0 Å². The Bertz CT molecular complexity index is 626. The molecule has 0 amide bonds. The third-order valence-electron chi connectivity index (χ3n) is 2.77. The molecule has 0 fully saturated rings. The molecule has 3 N–H and O–H groups in total. The molecule has 2 aromatic carbocycles. The van der Waals surface area contributed by atoms with Gasteiger partial charge in [-0.15, -0.1) is 0 Å². The average molecular weight is 272 g/mol. The molecule has 2 aromatic rings. The molecule has 104 valence electrons. The first kappa shape index (κ1) is 13.7. The van der Waals surface area contributed by atoms with E-state index in [1.54, 1.807) is 44.6 Å². The lowest BCUT2D eigenvalue weighted by Gasteiger charge is -2.14. The Labute approximate surface area is 117 Å². The van der Waals surface area contributed by atoms with Crippen LogP contribution in [0.15, 0.2) is 42.5 Å². The van der Waals surface area contributed by atoms with Crippen molar-refractivity contribution in [1.82, 2.24) is 0 Å². The van der Waals surface area contributed by atoms with Gasteiger partial charge in [0, 0.05) is 6.07 Å². The van der Waals surface area contributed by atoms with Crippen molar-refractivity contribution >= 4 is 5.84 Å². The van der Waals surface area contributed by atoms with Gasteiger partial charge in [-0.2, -0.15) is 0 Å². The highest BCUT2D eigenvalue weighted by atomic mass is 16.5. The molecule has 0 aliphatic carbocycles. The Balaban J connectivity index is 2.43. The molecule has 0 aliphatic heterocycles. The highest BCUT2D eigenvalue weighted by Gasteiger charge is 2.12. The number of para-hydroxylation sites is 2. The fourth-order valence-electron chi connectivity index (χ4n) is 1.76. The van der Waals surface area contributed by atoms with E-state index in [9.17, 15) is 0 Å². The summed E-state index contributed by atoms with van der Waals surface area (Å²) in [5, 5.41) is 7.59. The molecule has 0 spiro atoms. The Morgan fingerprint density at radius 2 is 1.65 bits per heavy atom. The van der Waals surface area contributed by atoms with Gasteiger partial charge in [0.05, 0.1) is 19.8 Å². The van der Waals surface area contributed by atoms with E-state index in [1.165, 1.54) is 0 Å². The summed E-state index contributed by atoms with van der Waals surface area (Å²) < 4.78 is 16.2. The van der Waals surface area contributed by atoms with Crippen molar-refractivity contribution < 1.29 is 14.2 Å². The first-order chi connectivity index (χ1) is 9.65. The van der Waals surface area contributed by atoms with Crippen LogP contribution in [0.2, 0.25) is 0 Å². The summed E-state index contributed by atoms with van der Waals surface area (Å²) in [6, 6.07) is 12.4. The summed E-state index contributed by atoms with van der Waals surface area (Å²) in [6.07, 6.45) is 0. The fraction of sp³-hybridized carbons (Fsp3) is 0.133. The van der Waals surface area contributed by atoms with Crippen LogP contribution in [0.5, 0.6) is 23.0 Å². The van der Waals surface area contributed by atoms with E-state index in [0.717, 1.165) is 0 Å². The minimum atomic E-state index is -0.0717. The van der Waals surface area contributed by atoms with E-state index in [-0.39, 0.29) is 5.84 Å². The Hall–Kier alpha value is -2.69. The van der Waals surface area contributed by atoms with Crippen LogP contribution in [0.25, 0.3) is 0 Å². The smallest absolute Gasteiger partial charge is 0.169 e. The standard InChI is InChI=1S/C15H16N2O3/c1-18-10-7-8-11(15(16)17)14(9-10)20-13-6-4-3-5-12(13)19-2/h3-9H,1-2H3,(H3,16,17). The lowest BCUT2D eigenvalue weighted by Crippen LogP contribution is -2.12. The number of rotatable bonds is 5. The van der Waals surface area contributed by atoms with E-state index >= 15 is 0 Å². The molecule has 20 heavy (non-hydrogen) atoms. The number of benzene rings is 2. The maximum absolute atomic E-state index is 7.59. The zero-order valence-corrected chi connectivity index (χ0v) is 11.3. The van der Waals surface area contributed by atoms with Gasteiger partial charge in [-0.25, -0.2) is 0 Å². The van der Waals surface area contributed by atoms with Crippen molar-refractivity contribution in [2.45, 2.75) is 0 Å². The first-order valence-corrected chi connectivity index (χ1v) is 5.99. The van der Waals surface area contributed by atoms with Crippen LogP contribution < -0.4 is 19.9 Å². The van der Waals surface area contributed by atoms with Gasteiger partial charge in [0.15, 0.2) is 11.5 Å². The summed E-state index contributed by atoms with van der Waals surface area (Å²) >= 11 is 0. The molecule has 0 radical (unpaired) electrons. The molecule has 0 aliphatic rings. The summed E-state index contributed by atoms with van der Waals surface area (Å²) in [6.45, 7) is 0. The monoisotopic (exact) mass is 272 g/mol. The van der Waals surface area contributed by atoms with Crippen LogP contribution in [0.1, 0.15) is 5.56 Å². The van der Waals surface area contributed by atoms with E-state index in [0.29, 0.717) is 28.6 Å². The number of nitrogens with one attached hydrogen (secondary N) is 1. The number of nitrogens with two attached hydrogens (primary N) is 1. The molecule has 0 bridgehead atoms. The molecule has 5 heteroatoms. The predicted molar refractivity (Wildman–Crippen MR) is 77.1 cm³/mol. The van der Waals surface area contributed by atoms with Crippen molar-refractivity contribution in [2.75, 3.05) is 14.2 Å². The topological polar surface area (TPSA) is 77.6 Å². The molecule has 0 saturated carbocycles. The third kappa shape index (κ3) is 2.83. The van der Waals surface area contributed by atoms with Crippen LogP contribution in [0.3, 0.4) is 0 Å². The number of amidine groups is 1. The highest BCUT2D eigenvalue weighted by Crippen LogP contribution is 2.34. The fourth-order valence-corrected chi connectivity index (χ4v) is 1.76. The summed E-state index contributed by atoms with van der Waals surface area (Å²) in [4.78, 5) is 0. The lowest BCUT2D eigenvalue weighted by atomic mass is 10.1. The van der Waals surface area contributed by atoms with E-state index < -0.39 is 0 Å². The van der Waals surface area contributed by atoms with Gasteiger partial charge in [0.2, 0.25) is 0 Å². The van der Waals surface area contributed by atoms with E-state index in [4.69, 9.17) is 25.4 Å². The first-order valence-electron chi connectivity index (χ1n) is 5.99. The van der Waals surface area contributed by atoms with Crippen molar-refractivity contribution in [1.29, 1.82) is 5.41 Å². The van der Waals surface area contributed by atoms with Crippen molar-refractivity contribution in [2.24, 2.45) is 5.73 Å². The summed E-state index contributed by atoms with van der Waals surface area (Å²) in [5.41, 5.74) is 6.06. The van der Waals surface area contributed by atoms with Gasteiger partial charge in [0.1, 0.15) is 17.3 Å². The molecule has 0 atom stereocenters. The number of ether oxygens (including phenoxy) is 3. The number of hydrogen-bond acceptors (Lipinski definition) is 4. The van der Waals surface area contributed by atoms with Crippen LogP contribution in [-0.4, -0.2) is 20.1 Å². The second-order valence-corrected chi connectivity index (χ2v) is 4.03. The highest BCUT2D eigenvalue weighted by molar-refractivity contribution is 5.97. The van der Waals surface area contributed by atoms with Gasteiger partial charge in [-0.3, -0.25) is 5.41 Å². The Morgan fingerprint density at radius 1 is 0.950 bits per heavy atom. The lowest BCUT2D eigenvalue weighted by molar-refractivity contribution is 0.375. The van der Waals surface area contributed by atoms with Gasteiger partial charge in [-0.1, -0.05) is 12.1 Å². The largest absolute Gasteiger partial charge is 0.497 e. The van der Waals surface area contributed by atoms with Crippen LogP contribution in [0, 0.1) is 5.41 Å². The molecular formula is C15H16N2O3. The molecule has 0 saturated heterocycles. The predicted octanol–water partition coefficient (Wildman–Crippen LogP) is 2.78. The van der Waals surface area contributed by atoms with E-state index in [1.807, 2.05) is 12.1 Å². The average Bonchev–Trinajstić information content (AvgIpc) is 2.47. The third-order valence-corrected chi connectivity index (χ3v) is 2.77. The quantitative estimate of drug-likeness (QED) is 0.648. The Kier molecular flexibility index (Phi) is 4.10. The SMILES string of the molecule is COc1ccc(C(=N)N)c(Oc2ccccc2OC)c1. The minimum Gasteiger partial charge on any atom is -0.497 e. The molecule has 2 rings (SSSR count). The Morgan fingerprint density at radius 3 is 2.25 bits per heavy atom. The molecule has 0 unspecified atom stereocenters.